The minimum Gasteiger partial charge on any atom is -0.457 e. The van der Waals surface area contributed by atoms with Crippen LogP contribution in [0.4, 0.5) is 0 Å². The highest BCUT2D eigenvalue weighted by atomic mass is 16.7. The van der Waals surface area contributed by atoms with E-state index >= 15 is 0 Å². The largest absolute Gasteiger partial charge is 0.457 e. The van der Waals surface area contributed by atoms with Crippen LogP contribution in [0, 0.1) is 0 Å². The molecule has 4 nitrogen and oxygen atoms in total. The first-order valence-corrected chi connectivity index (χ1v) is 7.68. The molecule has 0 N–H and O–H groups in total. The Morgan fingerprint density at radius 1 is 1.04 bits per heavy atom. The molecule has 0 radical (unpaired) electrons. The molecular weight excluding hydrogens is 292 g/mol. The molecule has 120 valence electrons. The second kappa shape index (κ2) is 9.41. The SMILES string of the molecule is O=CC=CCCCCC(=O)OCOc1cccc2ccccc12. The minimum absolute atomic E-state index is 0.0854. The second-order valence-electron chi connectivity index (χ2n) is 5.07. The molecule has 0 aliphatic heterocycles. The normalized spacial score (nSPS) is 10.8. The molecule has 2 aromatic carbocycles. The van der Waals surface area contributed by atoms with Gasteiger partial charge in [-0.2, -0.15) is 0 Å². The van der Waals surface area contributed by atoms with Crippen LogP contribution in [0.2, 0.25) is 0 Å². The fourth-order valence-corrected chi connectivity index (χ4v) is 2.24. The summed E-state index contributed by atoms with van der Waals surface area (Å²) in [6.45, 7) is -0.0854. The minimum atomic E-state index is -0.274. The van der Waals surface area contributed by atoms with Gasteiger partial charge in [-0.15, -0.1) is 0 Å². The van der Waals surface area contributed by atoms with Crippen molar-refractivity contribution in [3.63, 3.8) is 0 Å². The van der Waals surface area contributed by atoms with Crippen LogP contribution in [0.25, 0.3) is 10.8 Å². The van der Waals surface area contributed by atoms with Crippen LogP contribution in [0.15, 0.2) is 54.6 Å². The van der Waals surface area contributed by atoms with Gasteiger partial charge in [0.05, 0.1) is 0 Å². The topological polar surface area (TPSA) is 52.6 Å². The molecule has 0 amide bonds. The van der Waals surface area contributed by atoms with Crippen molar-refractivity contribution < 1.29 is 19.1 Å². The number of allylic oxidation sites excluding steroid dienone is 2. The molecule has 0 fully saturated rings. The van der Waals surface area contributed by atoms with Crippen LogP contribution in [0.3, 0.4) is 0 Å². The van der Waals surface area contributed by atoms with E-state index < -0.39 is 0 Å². The van der Waals surface area contributed by atoms with Gasteiger partial charge in [-0.1, -0.05) is 42.5 Å². The average Bonchev–Trinajstić information content (AvgIpc) is 2.58. The van der Waals surface area contributed by atoms with Crippen molar-refractivity contribution in [3.8, 4) is 5.75 Å². The summed E-state index contributed by atoms with van der Waals surface area (Å²) in [6, 6.07) is 13.7. The molecule has 0 bridgehead atoms. The number of fused-ring (bicyclic) bond motifs is 1. The average molecular weight is 312 g/mol. The first-order chi connectivity index (χ1) is 11.3. The van der Waals surface area contributed by atoms with Gasteiger partial charge in [0.25, 0.3) is 0 Å². The van der Waals surface area contributed by atoms with Crippen molar-refractivity contribution in [1.29, 1.82) is 0 Å². The second-order valence-corrected chi connectivity index (χ2v) is 5.07. The van der Waals surface area contributed by atoms with Gasteiger partial charge in [0.15, 0.2) is 0 Å². The summed E-state index contributed by atoms with van der Waals surface area (Å²) in [7, 11) is 0. The molecule has 23 heavy (non-hydrogen) atoms. The van der Waals surface area contributed by atoms with Crippen molar-refractivity contribution in [1.82, 2.24) is 0 Å². The molecule has 2 rings (SSSR count). The number of hydrogen-bond donors (Lipinski definition) is 0. The summed E-state index contributed by atoms with van der Waals surface area (Å²) in [4.78, 5) is 21.7. The third-order valence-electron chi connectivity index (χ3n) is 3.40. The Labute approximate surface area is 135 Å². The summed E-state index contributed by atoms with van der Waals surface area (Å²) >= 11 is 0. The molecule has 0 saturated carbocycles. The van der Waals surface area contributed by atoms with Gasteiger partial charge in [0.1, 0.15) is 12.0 Å². The Bertz CT molecular complexity index is 671. The molecule has 0 saturated heterocycles. The van der Waals surface area contributed by atoms with E-state index in [1.165, 1.54) is 6.08 Å². The van der Waals surface area contributed by atoms with E-state index in [1.54, 1.807) is 6.08 Å². The Morgan fingerprint density at radius 2 is 1.87 bits per heavy atom. The Morgan fingerprint density at radius 3 is 2.74 bits per heavy atom. The van der Waals surface area contributed by atoms with Gasteiger partial charge >= 0.3 is 5.97 Å². The van der Waals surface area contributed by atoms with Crippen molar-refractivity contribution in [3.05, 3.63) is 54.6 Å². The molecule has 2 aromatic rings. The number of esters is 1. The van der Waals surface area contributed by atoms with Crippen LogP contribution in [-0.4, -0.2) is 19.0 Å². The fourth-order valence-electron chi connectivity index (χ4n) is 2.24. The van der Waals surface area contributed by atoms with E-state index in [4.69, 9.17) is 9.47 Å². The van der Waals surface area contributed by atoms with Crippen molar-refractivity contribution >= 4 is 23.0 Å². The molecule has 0 aliphatic carbocycles. The van der Waals surface area contributed by atoms with Gasteiger partial charge in [-0.25, -0.2) is 0 Å². The van der Waals surface area contributed by atoms with Crippen LogP contribution in [-0.2, 0) is 14.3 Å². The van der Waals surface area contributed by atoms with Crippen LogP contribution < -0.4 is 4.74 Å². The van der Waals surface area contributed by atoms with E-state index in [0.717, 1.165) is 36.3 Å². The molecule has 0 spiro atoms. The zero-order valence-corrected chi connectivity index (χ0v) is 12.9. The van der Waals surface area contributed by atoms with E-state index in [9.17, 15) is 9.59 Å². The van der Waals surface area contributed by atoms with Crippen molar-refractivity contribution in [2.75, 3.05) is 6.79 Å². The lowest BCUT2D eigenvalue weighted by Gasteiger charge is -2.09. The highest BCUT2D eigenvalue weighted by Crippen LogP contribution is 2.25. The Hall–Kier alpha value is -2.62. The highest BCUT2D eigenvalue weighted by molar-refractivity contribution is 5.88. The lowest BCUT2D eigenvalue weighted by molar-refractivity contribution is -0.150. The predicted octanol–water partition coefficient (Wildman–Crippen LogP) is 4.03. The molecule has 4 heteroatoms. The van der Waals surface area contributed by atoms with Crippen LogP contribution >= 0.6 is 0 Å². The van der Waals surface area contributed by atoms with Crippen molar-refractivity contribution in [2.45, 2.75) is 25.7 Å². The maximum absolute atomic E-state index is 11.6. The smallest absolute Gasteiger partial charge is 0.308 e. The Balaban J connectivity index is 1.71. The molecule has 0 atom stereocenters. The number of carbonyl (C=O) groups is 2. The lowest BCUT2D eigenvalue weighted by Crippen LogP contribution is -2.10. The van der Waals surface area contributed by atoms with E-state index in [-0.39, 0.29) is 12.8 Å². The van der Waals surface area contributed by atoms with Gasteiger partial charge in [0.2, 0.25) is 6.79 Å². The van der Waals surface area contributed by atoms with E-state index in [2.05, 4.69) is 0 Å². The number of benzene rings is 2. The standard InChI is InChI=1S/C19H20O4/c20-14-7-3-1-2-4-13-19(21)23-15-22-18-12-8-10-16-9-5-6-11-17(16)18/h3,5-12,14H,1-2,4,13,15H2. The van der Waals surface area contributed by atoms with E-state index in [1.807, 2.05) is 42.5 Å². The molecule has 0 aromatic heterocycles. The monoisotopic (exact) mass is 312 g/mol. The van der Waals surface area contributed by atoms with Gasteiger partial charge in [-0.3, -0.25) is 9.59 Å². The van der Waals surface area contributed by atoms with E-state index in [0.29, 0.717) is 12.2 Å². The number of aldehydes is 1. The summed E-state index contributed by atoms with van der Waals surface area (Å²) < 4.78 is 10.6. The number of carbonyl (C=O) groups excluding carboxylic acids is 2. The van der Waals surface area contributed by atoms with Gasteiger partial charge < -0.3 is 9.47 Å². The zero-order chi connectivity index (χ0) is 16.3. The molecule has 0 heterocycles. The third kappa shape index (κ3) is 5.58. The third-order valence-corrected chi connectivity index (χ3v) is 3.40. The summed E-state index contributed by atoms with van der Waals surface area (Å²) in [6.07, 6.45) is 6.74. The first kappa shape index (κ1) is 16.7. The lowest BCUT2D eigenvalue weighted by atomic mass is 10.1. The summed E-state index contributed by atoms with van der Waals surface area (Å²) in [5, 5.41) is 2.08. The molecule has 0 unspecified atom stereocenters. The summed E-state index contributed by atoms with van der Waals surface area (Å²) in [5.74, 6) is 0.430. The number of hydrogen-bond acceptors (Lipinski definition) is 4. The number of rotatable bonds is 9. The Kier molecular flexibility index (Phi) is 6.85. The molecule has 0 aliphatic rings. The summed E-state index contributed by atoms with van der Waals surface area (Å²) in [5.41, 5.74) is 0. The van der Waals surface area contributed by atoms with Crippen LogP contribution in [0.1, 0.15) is 25.7 Å². The first-order valence-electron chi connectivity index (χ1n) is 7.68. The van der Waals surface area contributed by atoms with Crippen LogP contribution in [0.5, 0.6) is 5.75 Å². The maximum Gasteiger partial charge on any atom is 0.308 e. The molecular formula is C19H20O4. The zero-order valence-electron chi connectivity index (χ0n) is 12.9. The van der Waals surface area contributed by atoms with Gasteiger partial charge in [-0.05, 0) is 36.8 Å². The number of ether oxygens (including phenoxy) is 2. The van der Waals surface area contributed by atoms with Crippen molar-refractivity contribution in [2.24, 2.45) is 0 Å². The van der Waals surface area contributed by atoms with Gasteiger partial charge in [0, 0.05) is 11.8 Å². The highest BCUT2D eigenvalue weighted by Gasteiger charge is 2.04. The maximum atomic E-state index is 11.6. The number of unbranched alkanes of at least 4 members (excludes halogenated alkanes) is 2. The fraction of sp³-hybridized carbons (Fsp3) is 0.263. The predicted molar refractivity (Wildman–Crippen MR) is 89.2 cm³/mol. The quantitative estimate of drug-likeness (QED) is 0.231.